The topological polar surface area (TPSA) is 55.1 Å². The van der Waals surface area contributed by atoms with Gasteiger partial charge < -0.3 is 4.42 Å². The molecule has 24 heavy (non-hydrogen) atoms. The van der Waals surface area contributed by atoms with E-state index in [2.05, 4.69) is 10.3 Å². The lowest BCUT2D eigenvalue weighted by Crippen LogP contribution is -2.12. The Morgan fingerprint density at radius 2 is 1.96 bits per heavy atom. The van der Waals surface area contributed by atoms with Crippen molar-refractivity contribution in [3.05, 3.63) is 55.7 Å². The van der Waals surface area contributed by atoms with E-state index in [1.165, 1.54) is 11.3 Å². The summed E-state index contributed by atoms with van der Waals surface area (Å²) in [5.41, 5.74) is 1.71. The molecule has 4 nitrogen and oxygen atoms in total. The first-order chi connectivity index (χ1) is 11.4. The number of nitrogens with zero attached hydrogens (tertiary/aromatic N) is 1. The van der Waals surface area contributed by atoms with Crippen molar-refractivity contribution in [2.75, 3.05) is 5.32 Å². The molecule has 0 fully saturated rings. The molecule has 1 amide bonds. The Morgan fingerprint density at radius 3 is 2.58 bits per heavy atom. The third-order valence-electron chi connectivity index (χ3n) is 3.35. The Hall–Kier alpha value is -1.53. The van der Waals surface area contributed by atoms with Crippen LogP contribution in [0.5, 0.6) is 0 Å². The molecule has 1 N–H and O–H groups in total. The molecule has 0 radical (unpaired) electrons. The number of hydrogen-bond donors (Lipinski definition) is 1. The van der Waals surface area contributed by atoms with E-state index in [9.17, 15) is 4.79 Å². The lowest BCUT2D eigenvalue weighted by atomic mass is 10.2. The van der Waals surface area contributed by atoms with Gasteiger partial charge >= 0.3 is 0 Å². The summed E-state index contributed by atoms with van der Waals surface area (Å²) < 4.78 is 5.37. The number of amides is 1. The number of halogens is 3. The molecule has 8 heteroatoms. The molecular formula is C16H11Cl3N2O2S. The van der Waals surface area contributed by atoms with Crippen molar-refractivity contribution in [2.45, 2.75) is 13.8 Å². The fraction of sp³-hybridized carbons (Fsp3) is 0.125. The lowest BCUT2D eigenvalue weighted by molar-refractivity contribution is 0.102. The van der Waals surface area contributed by atoms with E-state index in [1.807, 2.05) is 0 Å². The third kappa shape index (κ3) is 3.30. The Balaban J connectivity index is 1.85. The largest absolute Gasteiger partial charge is 0.464 e. The van der Waals surface area contributed by atoms with Gasteiger partial charge in [0, 0.05) is 16.0 Å². The maximum absolute atomic E-state index is 12.4. The highest BCUT2D eigenvalue weighted by Gasteiger charge is 2.21. The van der Waals surface area contributed by atoms with Crippen LogP contribution in [0.4, 0.5) is 5.13 Å². The van der Waals surface area contributed by atoms with Crippen LogP contribution in [0, 0.1) is 13.8 Å². The van der Waals surface area contributed by atoms with Crippen LogP contribution < -0.4 is 5.32 Å². The van der Waals surface area contributed by atoms with Crippen molar-refractivity contribution < 1.29 is 9.21 Å². The molecule has 0 unspecified atom stereocenters. The van der Waals surface area contributed by atoms with Gasteiger partial charge in [-0.2, -0.15) is 0 Å². The molecule has 3 rings (SSSR count). The van der Waals surface area contributed by atoms with Gasteiger partial charge in [0.15, 0.2) is 5.13 Å². The van der Waals surface area contributed by atoms with E-state index in [-0.39, 0.29) is 5.91 Å². The predicted molar refractivity (Wildman–Crippen MR) is 98.7 cm³/mol. The molecule has 0 bridgehead atoms. The Kier molecular flexibility index (Phi) is 4.88. The van der Waals surface area contributed by atoms with Gasteiger partial charge in [-0.3, -0.25) is 10.1 Å². The summed E-state index contributed by atoms with van der Waals surface area (Å²) in [5.74, 6) is 0.608. The van der Waals surface area contributed by atoms with Gasteiger partial charge in [-0.05, 0) is 32.0 Å². The predicted octanol–water partition coefficient (Wildman–Crippen LogP) is 6.23. The average molecular weight is 402 g/mol. The van der Waals surface area contributed by atoms with Gasteiger partial charge in [0.1, 0.15) is 11.5 Å². The van der Waals surface area contributed by atoms with Crippen LogP contribution in [0.1, 0.15) is 21.9 Å². The van der Waals surface area contributed by atoms with E-state index in [1.54, 1.807) is 37.4 Å². The molecule has 0 aliphatic heterocycles. The van der Waals surface area contributed by atoms with Crippen LogP contribution in [0.2, 0.25) is 15.1 Å². The summed E-state index contributed by atoms with van der Waals surface area (Å²) >= 11 is 19.5. The van der Waals surface area contributed by atoms with E-state index in [0.29, 0.717) is 43.0 Å². The minimum atomic E-state index is -0.363. The molecule has 0 saturated carbocycles. The first kappa shape index (κ1) is 17.3. The summed E-state index contributed by atoms with van der Waals surface area (Å²) in [6, 6.07) is 5.16. The number of furan rings is 1. The van der Waals surface area contributed by atoms with E-state index >= 15 is 0 Å². The Morgan fingerprint density at radius 1 is 1.21 bits per heavy atom. The minimum absolute atomic E-state index is 0.308. The van der Waals surface area contributed by atoms with Gasteiger partial charge in [0.05, 0.1) is 21.3 Å². The van der Waals surface area contributed by atoms with Crippen molar-refractivity contribution in [2.24, 2.45) is 0 Å². The van der Waals surface area contributed by atoms with Crippen molar-refractivity contribution in [3.63, 3.8) is 0 Å². The quantitative estimate of drug-likeness (QED) is 0.565. The second-order valence-corrected chi connectivity index (χ2v) is 7.10. The van der Waals surface area contributed by atoms with Gasteiger partial charge in [0.2, 0.25) is 0 Å². The second kappa shape index (κ2) is 6.76. The number of carbonyl (C=O) groups excluding carboxylic acids is 1. The molecule has 2 aromatic heterocycles. The molecule has 0 saturated heterocycles. The van der Waals surface area contributed by atoms with Crippen LogP contribution in [-0.2, 0) is 0 Å². The molecule has 124 valence electrons. The number of hydrogen-bond acceptors (Lipinski definition) is 4. The SMILES string of the molecule is Cc1oc(C)c(C(=O)Nc2nc(-c3ccc(Cl)cc3Cl)cs2)c1Cl. The van der Waals surface area contributed by atoms with Crippen LogP contribution in [0.25, 0.3) is 11.3 Å². The van der Waals surface area contributed by atoms with Gasteiger partial charge in [0.25, 0.3) is 5.91 Å². The van der Waals surface area contributed by atoms with E-state index < -0.39 is 0 Å². The maximum Gasteiger partial charge on any atom is 0.262 e. The summed E-state index contributed by atoms with van der Waals surface area (Å²) in [6.07, 6.45) is 0. The molecule has 1 aromatic carbocycles. The third-order valence-corrected chi connectivity index (χ3v) is 5.11. The van der Waals surface area contributed by atoms with Gasteiger partial charge in [-0.1, -0.05) is 34.8 Å². The normalized spacial score (nSPS) is 10.9. The highest BCUT2D eigenvalue weighted by atomic mass is 35.5. The Labute approximate surface area is 157 Å². The summed E-state index contributed by atoms with van der Waals surface area (Å²) in [7, 11) is 0. The van der Waals surface area contributed by atoms with Crippen LogP contribution >= 0.6 is 46.1 Å². The number of rotatable bonds is 3. The number of carbonyl (C=O) groups is 1. The average Bonchev–Trinajstić information content (AvgIpc) is 3.04. The fourth-order valence-corrected chi connectivity index (χ4v) is 3.70. The summed E-state index contributed by atoms with van der Waals surface area (Å²) in [5, 5.41) is 6.33. The minimum Gasteiger partial charge on any atom is -0.464 e. The van der Waals surface area contributed by atoms with Crippen molar-refractivity contribution in [1.29, 1.82) is 0 Å². The number of aryl methyl sites for hydroxylation is 2. The van der Waals surface area contributed by atoms with Crippen molar-refractivity contribution >= 4 is 57.2 Å². The first-order valence-electron chi connectivity index (χ1n) is 6.84. The fourth-order valence-electron chi connectivity index (χ4n) is 2.23. The molecule has 0 aliphatic carbocycles. The van der Waals surface area contributed by atoms with Crippen LogP contribution in [0.15, 0.2) is 28.0 Å². The monoisotopic (exact) mass is 400 g/mol. The lowest BCUT2D eigenvalue weighted by Gasteiger charge is -2.02. The number of anilines is 1. The number of benzene rings is 1. The molecule has 0 atom stereocenters. The highest BCUT2D eigenvalue weighted by Crippen LogP contribution is 2.33. The smallest absolute Gasteiger partial charge is 0.262 e. The zero-order valence-electron chi connectivity index (χ0n) is 12.6. The van der Waals surface area contributed by atoms with Crippen molar-refractivity contribution in [1.82, 2.24) is 4.98 Å². The zero-order chi connectivity index (χ0) is 17.4. The van der Waals surface area contributed by atoms with Crippen LogP contribution in [0.3, 0.4) is 0 Å². The maximum atomic E-state index is 12.4. The van der Waals surface area contributed by atoms with E-state index in [0.717, 1.165) is 5.56 Å². The van der Waals surface area contributed by atoms with Gasteiger partial charge in [-0.15, -0.1) is 11.3 Å². The number of thiazole rings is 1. The van der Waals surface area contributed by atoms with Crippen molar-refractivity contribution in [3.8, 4) is 11.3 Å². The Bertz CT molecular complexity index is 934. The van der Waals surface area contributed by atoms with E-state index in [4.69, 9.17) is 39.2 Å². The second-order valence-electron chi connectivity index (χ2n) is 5.02. The first-order valence-corrected chi connectivity index (χ1v) is 8.86. The van der Waals surface area contributed by atoms with Gasteiger partial charge in [-0.25, -0.2) is 4.98 Å². The molecule has 0 aliphatic rings. The summed E-state index contributed by atoms with van der Waals surface area (Å²) in [6.45, 7) is 3.39. The molecule has 2 heterocycles. The molecule has 0 spiro atoms. The highest BCUT2D eigenvalue weighted by molar-refractivity contribution is 7.14. The zero-order valence-corrected chi connectivity index (χ0v) is 15.7. The molecular weight excluding hydrogens is 391 g/mol. The molecule has 3 aromatic rings. The number of aromatic nitrogens is 1. The standard InChI is InChI=1S/C16H11Cl3N2O2S/c1-7-13(14(19)8(2)23-7)15(22)21-16-20-12(6-24-16)10-4-3-9(17)5-11(10)18/h3-6H,1-2H3,(H,20,21,22). The summed E-state index contributed by atoms with van der Waals surface area (Å²) in [4.78, 5) is 16.8. The van der Waals surface area contributed by atoms with Crippen LogP contribution in [-0.4, -0.2) is 10.9 Å². The number of nitrogens with one attached hydrogen (secondary N) is 1.